The molecular weight excluding hydrogens is 160 g/mol. The van der Waals surface area contributed by atoms with E-state index in [0.717, 1.165) is 0 Å². The molecule has 1 atom stereocenters. The van der Waals surface area contributed by atoms with E-state index in [1.807, 2.05) is 0 Å². The minimum Gasteiger partial charge on any atom is -0.271 e. The van der Waals surface area contributed by atoms with E-state index in [9.17, 15) is 0 Å². The highest BCUT2D eigenvalue weighted by molar-refractivity contribution is 4.86. The summed E-state index contributed by atoms with van der Waals surface area (Å²) in [7, 11) is 0. The van der Waals surface area contributed by atoms with Gasteiger partial charge < -0.3 is 0 Å². The minimum atomic E-state index is 0.297. The van der Waals surface area contributed by atoms with E-state index in [1.54, 1.807) is 0 Å². The summed E-state index contributed by atoms with van der Waals surface area (Å²) in [5.41, 5.74) is 3.29. The average molecular weight is 186 g/mol. The summed E-state index contributed by atoms with van der Waals surface area (Å²) in [5, 5.41) is 0. The van der Waals surface area contributed by atoms with Crippen molar-refractivity contribution in [3.05, 3.63) is 0 Å². The number of nitrogens with two attached hydrogens (primary N) is 1. The molecule has 0 amide bonds. The van der Waals surface area contributed by atoms with Gasteiger partial charge in [-0.1, -0.05) is 47.5 Å². The molecule has 0 spiro atoms. The second-order valence-corrected chi connectivity index (χ2v) is 4.56. The van der Waals surface area contributed by atoms with Crippen LogP contribution < -0.4 is 11.3 Å². The Balaban J connectivity index is 4.46. The molecule has 0 aromatic rings. The van der Waals surface area contributed by atoms with Crippen molar-refractivity contribution in [1.29, 1.82) is 0 Å². The summed E-state index contributed by atoms with van der Waals surface area (Å²) in [5.74, 6) is 6.33. The number of hydrogen-bond acceptors (Lipinski definition) is 2. The molecule has 2 heteroatoms. The topological polar surface area (TPSA) is 38.0 Å². The molecule has 1 unspecified atom stereocenters. The van der Waals surface area contributed by atoms with E-state index in [-0.39, 0.29) is 0 Å². The molecule has 3 N–H and O–H groups in total. The maximum absolute atomic E-state index is 5.64. The quantitative estimate of drug-likeness (QED) is 0.494. The van der Waals surface area contributed by atoms with Gasteiger partial charge in [0.15, 0.2) is 0 Å². The normalized spacial score (nSPS) is 15.0. The van der Waals surface area contributed by atoms with Crippen LogP contribution in [0.1, 0.15) is 53.9 Å². The molecule has 0 heterocycles. The maximum atomic E-state index is 5.64. The molecular formula is C11H26N2. The average Bonchev–Trinajstić information content (AvgIpc) is 2.13. The Morgan fingerprint density at radius 3 is 1.85 bits per heavy atom. The SMILES string of the molecule is CCC(CC)C(NN)C(C)(C)CC. The van der Waals surface area contributed by atoms with Gasteiger partial charge in [0.1, 0.15) is 0 Å². The van der Waals surface area contributed by atoms with Gasteiger partial charge in [0.25, 0.3) is 0 Å². The van der Waals surface area contributed by atoms with Crippen LogP contribution in [0.4, 0.5) is 0 Å². The van der Waals surface area contributed by atoms with Crippen molar-refractivity contribution < 1.29 is 0 Å². The standard InChI is InChI=1S/C11H26N2/c1-6-9(7-2)10(13-12)11(4,5)8-3/h9-10,13H,6-8,12H2,1-5H3. The Kier molecular flexibility index (Phi) is 5.57. The maximum Gasteiger partial charge on any atom is 0.0289 e. The molecule has 0 aliphatic carbocycles. The Labute approximate surface area is 83.2 Å². The van der Waals surface area contributed by atoms with Crippen LogP contribution in [-0.2, 0) is 0 Å². The molecule has 0 rings (SSSR count). The molecule has 0 fully saturated rings. The van der Waals surface area contributed by atoms with Crippen molar-refractivity contribution in [2.24, 2.45) is 17.2 Å². The van der Waals surface area contributed by atoms with E-state index in [4.69, 9.17) is 5.84 Å². The third-order valence-corrected chi connectivity index (χ3v) is 3.45. The lowest BCUT2D eigenvalue weighted by atomic mass is 9.74. The Morgan fingerprint density at radius 1 is 1.15 bits per heavy atom. The highest BCUT2D eigenvalue weighted by Gasteiger charge is 2.31. The molecule has 0 saturated carbocycles. The molecule has 2 nitrogen and oxygen atoms in total. The van der Waals surface area contributed by atoms with Crippen molar-refractivity contribution in [2.45, 2.75) is 59.9 Å². The number of rotatable bonds is 6. The number of hydrazine groups is 1. The fraction of sp³-hybridized carbons (Fsp3) is 1.00. The Morgan fingerprint density at radius 2 is 1.62 bits per heavy atom. The first-order valence-electron chi connectivity index (χ1n) is 5.49. The molecule has 0 saturated heterocycles. The van der Waals surface area contributed by atoms with Crippen LogP contribution in [0.2, 0.25) is 0 Å². The van der Waals surface area contributed by atoms with Crippen LogP contribution in [0.15, 0.2) is 0 Å². The zero-order chi connectivity index (χ0) is 10.5. The van der Waals surface area contributed by atoms with Gasteiger partial charge in [-0.15, -0.1) is 0 Å². The molecule has 0 bridgehead atoms. The van der Waals surface area contributed by atoms with Crippen molar-refractivity contribution in [1.82, 2.24) is 5.43 Å². The van der Waals surface area contributed by atoms with E-state index >= 15 is 0 Å². The predicted octanol–water partition coefficient (Wildman–Crippen LogP) is 2.69. The lowest BCUT2D eigenvalue weighted by molar-refractivity contribution is 0.160. The van der Waals surface area contributed by atoms with Gasteiger partial charge in [0, 0.05) is 6.04 Å². The number of hydrogen-bond donors (Lipinski definition) is 2. The van der Waals surface area contributed by atoms with Gasteiger partial charge in [-0.25, -0.2) is 0 Å². The molecule has 13 heavy (non-hydrogen) atoms. The second kappa shape index (κ2) is 5.61. The molecule has 80 valence electrons. The first-order valence-corrected chi connectivity index (χ1v) is 5.49. The van der Waals surface area contributed by atoms with Gasteiger partial charge in [-0.3, -0.25) is 11.3 Å². The highest BCUT2D eigenvalue weighted by atomic mass is 15.2. The minimum absolute atomic E-state index is 0.297. The van der Waals surface area contributed by atoms with Gasteiger partial charge in [-0.05, 0) is 17.8 Å². The van der Waals surface area contributed by atoms with Crippen LogP contribution >= 0.6 is 0 Å². The monoisotopic (exact) mass is 186 g/mol. The van der Waals surface area contributed by atoms with E-state index in [0.29, 0.717) is 17.4 Å². The van der Waals surface area contributed by atoms with Crippen LogP contribution in [0.25, 0.3) is 0 Å². The van der Waals surface area contributed by atoms with Crippen LogP contribution in [0.3, 0.4) is 0 Å². The Bertz CT molecular complexity index is 128. The zero-order valence-corrected chi connectivity index (χ0v) is 9.85. The van der Waals surface area contributed by atoms with Gasteiger partial charge >= 0.3 is 0 Å². The summed E-state index contributed by atoms with van der Waals surface area (Å²) in [6.45, 7) is 11.3. The van der Waals surface area contributed by atoms with Crippen molar-refractivity contribution >= 4 is 0 Å². The van der Waals surface area contributed by atoms with E-state index in [2.05, 4.69) is 40.0 Å². The fourth-order valence-electron chi connectivity index (χ4n) is 1.98. The number of nitrogens with one attached hydrogen (secondary N) is 1. The van der Waals surface area contributed by atoms with E-state index in [1.165, 1.54) is 19.3 Å². The van der Waals surface area contributed by atoms with Crippen LogP contribution in [-0.4, -0.2) is 6.04 Å². The van der Waals surface area contributed by atoms with Crippen molar-refractivity contribution in [3.63, 3.8) is 0 Å². The molecule has 0 aliphatic heterocycles. The lowest BCUT2D eigenvalue weighted by Crippen LogP contribution is -2.50. The van der Waals surface area contributed by atoms with Gasteiger partial charge in [0.05, 0.1) is 0 Å². The third-order valence-electron chi connectivity index (χ3n) is 3.45. The second-order valence-electron chi connectivity index (χ2n) is 4.56. The lowest BCUT2D eigenvalue weighted by Gasteiger charge is -2.38. The molecule has 0 aromatic carbocycles. The fourth-order valence-corrected chi connectivity index (χ4v) is 1.98. The van der Waals surface area contributed by atoms with Gasteiger partial charge in [0.2, 0.25) is 0 Å². The summed E-state index contributed by atoms with van der Waals surface area (Å²) < 4.78 is 0. The van der Waals surface area contributed by atoms with E-state index < -0.39 is 0 Å². The first kappa shape index (κ1) is 12.9. The van der Waals surface area contributed by atoms with Crippen molar-refractivity contribution in [3.8, 4) is 0 Å². The van der Waals surface area contributed by atoms with Crippen LogP contribution in [0.5, 0.6) is 0 Å². The largest absolute Gasteiger partial charge is 0.271 e. The summed E-state index contributed by atoms with van der Waals surface area (Å²) in [6, 6.07) is 0.437. The highest BCUT2D eigenvalue weighted by Crippen LogP contribution is 2.31. The summed E-state index contributed by atoms with van der Waals surface area (Å²) in [6.07, 6.45) is 3.57. The summed E-state index contributed by atoms with van der Waals surface area (Å²) >= 11 is 0. The third kappa shape index (κ3) is 3.28. The smallest absolute Gasteiger partial charge is 0.0289 e. The van der Waals surface area contributed by atoms with Crippen molar-refractivity contribution in [2.75, 3.05) is 0 Å². The Hall–Kier alpha value is -0.0800. The van der Waals surface area contributed by atoms with Gasteiger partial charge in [-0.2, -0.15) is 0 Å². The molecule has 0 aromatic heterocycles. The first-order chi connectivity index (χ1) is 6.03. The zero-order valence-electron chi connectivity index (χ0n) is 9.85. The molecule has 0 radical (unpaired) electrons. The molecule has 0 aliphatic rings. The predicted molar refractivity (Wildman–Crippen MR) is 59.3 cm³/mol. The van der Waals surface area contributed by atoms with Crippen LogP contribution in [0, 0.1) is 11.3 Å². The summed E-state index contributed by atoms with van der Waals surface area (Å²) in [4.78, 5) is 0.